The molecule has 3 nitrogen and oxygen atoms in total. The first-order chi connectivity index (χ1) is 12.1. The van der Waals surface area contributed by atoms with Crippen molar-refractivity contribution in [2.75, 3.05) is 13.1 Å². The molecule has 0 bridgehead atoms. The van der Waals surface area contributed by atoms with Gasteiger partial charge < -0.3 is 10.0 Å². The second-order valence-electron chi connectivity index (χ2n) is 6.42. The maximum atomic E-state index is 13.8. The number of benzene rings is 2. The summed E-state index contributed by atoms with van der Waals surface area (Å²) in [5.74, 6) is 0.390. The Morgan fingerprint density at radius 3 is 2.52 bits per heavy atom. The molecule has 1 amide bonds. The topological polar surface area (TPSA) is 40.5 Å². The first-order valence-electron chi connectivity index (χ1n) is 8.38. The molecule has 128 valence electrons. The van der Waals surface area contributed by atoms with E-state index in [4.69, 9.17) is 0 Å². The van der Waals surface area contributed by atoms with Crippen molar-refractivity contribution >= 4 is 27.3 Å². The number of nitrogens with zero attached hydrogens (tertiary/aromatic N) is 1. The molecule has 0 unspecified atom stereocenters. The van der Waals surface area contributed by atoms with Crippen LogP contribution in [-0.4, -0.2) is 29.0 Å². The van der Waals surface area contributed by atoms with Crippen LogP contribution in [0.5, 0.6) is 5.75 Å². The number of fused-ring (bicyclic) bond motifs is 1. The molecule has 25 heavy (non-hydrogen) atoms. The van der Waals surface area contributed by atoms with Gasteiger partial charge in [0.05, 0.1) is 4.88 Å². The number of carbonyl (C=O) groups excluding carboxylic acids is 1. The second-order valence-corrected chi connectivity index (χ2v) is 7.50. The highest BCUT2D eigenvalue weighted by Crippen LogP contribution is 2.32. The van der Waals surface area contributed by atoms with E-state index in [0.717, 1.165) is 17.5 Å². The van der Waals surface area contributed by atoms with Crippen molar-refractivity contribution in [3.05, 3.63) is 64.8 Å². The molecule has 0 saturated carbocycles. The van der Waals surface area contributed by atoms with Crippen LogP contribution in [0, 0.1) is 5.82 Å². The summed E-state index contributed by atoms with van der Waals surface area (Å²) in [4.78, 5) is 15.2. The molecule has 2 heterocycles. The lowest BCUT2D eigenvalue weighted by Gasteiger charge is -2.32. The number of carbonyl (C=O) groups is 1. The Hall–Kier alpha value is -2.40. The standard InChI is InChI=1S/C20H18FNO2S/c21-17-2-1-3-18-16(17)12-19(25-18)20(24)22-10-8-14(9-11-22)13-4-6-15(23)7-5-13/h1-7,12,14,23H,8-11H2. The third kappa shape index (κ3) is 3.12. The molecule has 0 aliphatic carbocycles. The smallest absolute Gasteiger partial charge is 0.263 e. The van der Waals surface area contributed by atoms with Gasteiger partial charge in [0.15, 0.2) is 0 Å². The molecule has 1 aliphatic rings. The number of amides is 1. The number of hydrogen-bond acceptors (Lipinski definition) is 3. The molecular weight excluding hydrogens is 337 g/mol. The van der Waals surface area contributed by atoms with Gasteiger partial charge >= 0.3 is 0 Å². The molecule has 1 aromatic heterocycles. The van der Waals surface area contributed by atoms with Crippen LogP contribution in [0.1, 0.15) is 34.0 Å². The van der Waals surface area contributed by atoms with E-state index in [1.54, 1.807) is 24.3 Å². The van der Waals surface area contributed by atoms with Gasteiger partial charge in [-0.1, -0.05) is 18.2 Å². The summed E-state index contributed by atoms with van der Waals surface area (Å²) in [5, 5.41) is 9.92. The van der Waals surface area contributed by atoms with Crippen molar-refractivity contribution in [3.63, 3.8) is 0 Å². The lowest BCUT2D eigenvalue weighted by molar-refractivity contribution is 0.0718. The quantitative estimate of drug-likeness (QED) is 0.720. The molecule has 3 aromatic rings. The van der Waals surface area contributed by atoms with Crippen molar-refractivity contribution in [1.29, 1.82) is 0 Å². The van der Waals surface area contributed by atoms with E-state index in [1.165, 1.54) is 23.0 Å². The molecule has 1 aliphatic heterocycles. The molecule has 0 spiro atoms. The van der Waals surface area contributed by atoms with Gasteiger partial charge in [-0.3, -0.25) is 4.79 Å². The van der Waals surface area contributed by atoms with Gasteiger partial charge in [-0.05, 0) is 54.7 Å². The number of thiophene rings is 1. The van der Waals surface area contributed by atoms with E-state index in [0.29, 0.717) is 29.3 Å². The number of hydrogen-bond donors (Lipinski definition) is 1. The zero-order valence-electron chi connectivity index (χ0n) is 13.6. The van der Waals surface area contributed by atoms with Crippen LogP contribution in [0.3, 0.4) is 0 Å². The monoisotopic (exact) mass is 355 g/mol. The van der Waals surface area contributed by atoms with Gasteiger partial charge in [0.25, 0.3) is 5.91 Å². The Balaban J connectivity index is 1.47. The predicted octanol–water partition coefficient (Wildman–Crippen LogP) is 4.77. The summed E-state index contributed by atoms with van der Waals surface area (Å²) < 4.78 is 14.6. The number of phenolic OH excluding ortho intramolecular Hbond substituents is 1. The lowest BCUT2D eigenvalue weighted by Crippen LogP contribution is -2.37. The van der Waals surface area contributed by atoms with Gasteiger partial charge in [0.1, 0.15) is 11.6 Å². The Morgan fingerprint density at radius 1 is 1.12 bits per heavy atom. The van der Waals surface area contributed by atoms with Gasteiger partial charge in [-0.15, -0.1) is 11.3 Å². The first-order valence-corrected chi connectivity index (χ1v) is 9.20. The maximum Gasteiger partial charge on any atom is 0.263 e. The molecule has 1 N–H and O–H groups in total. The zero-order chi connectivity index (χ0) is 17.4. The van der Waals surface area contributed by atoms with Gasteiger partial charge in [0, 0.05) is 23.2 Å². The van der Waals surface area contributed by atoms with Crippen LogP contribution >= 0.6 is 11.3 Å². The number of halogens is 1. The summed E-state index contributed by atoms with van der Waals surface area (Å²) >= 11 is 1.35. The average Bonchev–Trinajstić information content (AvgIpc) is 3.08. The van der Waals surface area contributed by atoms with Crippen molar-refractivity contribution in [3.8, 4) is 5.75 Å². The van der Waals surface area contributed by atoms with Gasteiger partial charge in [-0.25, -0.2) is 4.39 Å². The predicted molar refractivity (Wildman–Crippen MR) is 97.8 cm³/mol. The Morgan fingerprint density at radius 2 is 1.84 bits per heavy atom. The fraction of sp³-hybridized carbons (Fsp3) is 0.250. The highest BCUT2D eigenvalue weighted by atomic mass is 32.1. The minimum absolute atomic E-state index is 0.00949. The van der Waals surface area contributed by atoms with E-state index in [2.05, 4.69) is 0 Å². The molecular formula is C20H18FNO2S. The van der Waals surface area contributed by atoms with Crippen LogP contribution in [0.4, 0.5) is 4.39 Å². The summed E-state index contributed by atoms with van der Waals surface area (Å²) in [6.45, 7) is 1.39. The van der Waals surface area contributed by atoms with E-state index < -0.39 is 0 Å². The fourth-order valence-corrected chi connectivity index (χ4v) is 4.49. The number of aromatic hydroxyl groups is 1. The molecule has 2 aromatic carbocycles. The summed E-state index contributed by atoms with van der Waals surface area (Å²) in [6, 6.07) is 13.9. The van der Waals surface area contributed by atoms with Crippen LogP contribution in [0.25, 0.3) is 10.1 Å². The van der Waals surface area contributed by atoms with Crippen molar-refractivity contribution in [1.82, 2.24) is 4.90 Å². The van der Waals surface area contributed by atoms with E-state index in [1.807, 2.05) is 23.1 Å². The first kappa shape index (κ1) is 16.1. The molecule has 5 heteroatoms. The Labute approximate surface area is 149 Å². The van der Waals surface area contributed by atoms with Gasteiger partial charge in [0.2, 0.25) is 0 Å². The summed E-state index contributed by atoms with van der Waals surface area (Å²) in [5.41, 5.74) is 1.20. The van der Waals surface area contributed by atoms with E-state index in [-0.39, 0.29) is 17.5 Å². The lowest BCUT2D eigenvalue weighted by atomic mass is 9.89. The second kappa shape index (κ2) is 6.48. The maximum absolute atomic E-state index is 13.8. The highest BCUT2D eigenvalue weighted by Gasteiger charge is 2.25. The number of piperidine rings is 1. The molecule has 1 fully saturated rings. The molecule has 1 saturated heterocycles. The van der Waals surface area contributed by atoms with Crippen molar-refractivity contribution < 1.29 is 14.3 Å². The van der Waals surface area contributed by atoms with Crippen LogP contribution < -0.4 is 0 Å². The third-order valence-electron chi connectivity index (χ3n) is 4.87. The van der Waals surface area contributed by atoms with Crippen LogP contribution in [0.2, 0.25) is 0 Å². The van der Waals surface area contributed by atoms with Gasteiger partial charge in [-0.2, -0.15) is 0 Å². The number of rotatable bonds is 2. The van der Waals surface area contributed by atoms with Crippen LogP contribution in [0.15, 0.2) is 48.5 Å². The molecule has 0 radical (unpaired) electrons. The highest BCUT2D eigenvalue weighted by molar-refractivity contribution is 7.20. The minimum Gasteiger partial charge on any atom is -0.508 e. The SMILES string of the molecule is O=C(c1cc2c(F)cccc2s1)N1CCC(c2ccc(O)cc2)CC1. The molecule has 4 rings (SSSR count). The normalized spacial score (nSPS) is 15.6. The van der Waals surface area contributed by atoms with Crippen molar-refractivity contribution in [2.24, 2.45) is 0 Å². The minimum atomic E-state index is -0.279. The number of likely N-dealkylation sites (tertiary alicyclic amines) is 1. The number of phenols is 1. The summed E-state index contributed by atoms with van der Waals surface area (Å²) in [6.07, 6.45) is 1.80. The summed E-state index contributed by atoms with van der Waals surface area (Å²) in [7, 11) is 0. The Kier molecular flexibility index (Phi) is 4.17. The van der Waals surface area contributed by atoms with E-state index >= 15 is 0 Å². The van der Waals surface area contributed by atoms with Crippen LogP contribution in [-0.2, 0) is 0 Å². The van der Waals surface area contributed by atoms with E-state index in [9.17, 15) is 14.3 Å². The fourth-order valence-electron chi connectivity index (χ4n) is 3.45. The zero-order valence-corrected chi connectivity index (χ0v) is 14.4. The Bertz CT molecular complexity index is 911. The third-order valence-corrected chi connectivity index (χ3v) is 5.95. The molecule has 0 atom stereocenters. The van der Waals surface area contributed by atoms with Crippen molar-refractivity contribution in [2.45, 2.75) is 18.8 Å². The largest absolute Gasteiger partial charge is 0.508 e. The average molecular weight is 355 g/mol.